The second kappa shape index (κ2) is 4.96. The Morgan fingerprint density at radius 1 is 1.06 bits per heavy atom. The molecular formula is C14H14N4. The van der Waals surface area contributed by atoms with E-state index in [1.807, 2.05) is 41.4 Å². The zero-order valence-corrected chi connectivity index (χ0v) is 9.98. The van der Waals surface area contributed by atoms with Crippen molar-refractivity contribution in [2.75, 3.05) is 6.54 Å². The van der Waals surface area contributed by atoms with E-state index in [9.17, 15) is 0 Å². The largest absolute Gasteiger partial charge is 0.272 e. The van der Waals surface area contributed by atoms with Crippen LogP contribution in [0.4, 0.5) is 0 Å². The summed E-state index contributed by atoms with van der Waals surface area (Å²) < 4.78 is 0. The monoisotopic (exact) mass is 238 g/mol. The third kappa shape index (κ3) is 2.37. The molecule has 1 aliphatic rings. The Morgan fingerprint density at radius 3 is 2.67 bits per heavy atom. The Hall–Kier alpha value is -2.23. The molecule has 4 heteroatoms. The summed E-state index contributed by atoms with van der Waals surface area (Å²) in [7, 11) is 0. The van der Waals surface area contributed by atoms with Gasteiger partial charge in [0.15, 0.2) is 0 Å². The van der Waals surface area contributed by atoms with Gasteiger partial charge in [0.05, 0.1) is 18.8 Å². The lowest BCUT2D eigenvalue weighted by atomic mass is 10.2. The molecule has 2 heterocycles. The van der Waals surface area contributed by atoms with E-state index in [1.54, 1.807) is 6.20 Å². The third-order valence-electron chi connectivity index (χ3n) is 2.94. The van der Waals surface area contributed by atoms with Crippen LogP contribution >= 0.6 is 0 Å². The lowest BCUT2D eigenvalue weighted by Gasteiger charge is -2.13. The minimum atomic E-state index is 0.0647. The SMILES string of the molecule is c1ccc(CN2CC(c3ccccn3)N=N2)cc1. The topological polar surface area (TPSA) is 40.9 Å². The molecule has 1 aromatic heterocycles. The van der Waals surface area contributed by atoms with Crippen LogP contribution in [0.5, 0.6) is 0 Å². The number of hydrogen-bond donors (Lipinski definition) is 0. The Kier molecular flexibility index (Phi) is 3.00. The normalized spacial score (nSPS) is 18.2. The third-order valence-corrected chi connectivity index (χ3v) is 2.94. The summed E-state index contributed by atoms with van der Waals surface area (Å²) in [5.74, 6) is 0. The van der Waals surface area contributed by atoms with Crippen molar-refractivity contribution in [3.05, 3.63) is 66.0 Å². The van der Waals surface area contributed by atoms with E-state index >= 15 is 0 Å². The smallest absolute Gasteiger partial charge is 0.134 e. The van der Waals surface area contributed by atoms with E-state index in [2.05, 4.69) is 27.5 Å². The van der Waals surface area contributed by atoms with Crippen molar-refractivity contribution >= 4 is 0 Å². The van der Waals surface area contributed by atoms with Crippen LogP contribution in [0, 0.1) is 0 Å². The molecule has 1 atom stereocenters. The molecule has 1 unspecified atom stereocenters. The Bertz CT molecular complexity index is 524. The first kappa shape index (κ1) is 10.9. The number of aromatic nitrogens is 1. The molecule has 1 aliphatic heterocycles. The van der Waals surface area contributed by atoms with E-state index in [4.69, 9.17) is 0 Å². The Balaban J connectivity index is 1.65. The van der Waals surface area contributed by atoms with Crippen LogP contribution < -0.4 is 0 Å². The molecule has 1 aromatic carbocycles. The predicted octanol–water partition coefficient (Wildman–Crippen LogP) is 3.01. The van der Waals surface area contributed by atoms with Crippen molar-refractivity contribution in [3.8, 4) is 0 Å². The first-order valence-electron chi connectivity index (χ1n) is 6.02. The van der Waals surface area contributed by atoms with Gasteiger partial charge in [0, 0.05) is 6.20 Å². The second-order valence-corrected chi connectivity index (χ2v) is 4.31. The molecule has 0 amide bonds. The van der Waals surface area contributed by atoms with Gasteiger partial charge in [-0.25, -0.2) is 0 Å². The molecule has 0 N–H and O–H groups in total. The molecule has 90 valence electrons. The zero-order chi connectivity index (χ0) is 12.2. The van der Waals surface area contributed by atoms with Gasteiger partial charge in [0.1, 0.15) is 6.04 Å². The molecule has 18 heavy (non-hydrogen) atoms. The van der Waals surface area contributed by atoms with Crippen molar-refractivity contribution < 1.29 is 0 Å². The molecule has 0 spiro atoms. The summed E-state index contributed by atoms with van der Waals surface area (Å²) in [6.07, 6.45) is 1.80. The van der Waals surface area contributed by atoms with Gasteiger partial charge in [-0.15, -0.1) is 0 Å². The van der Waals surface area contributed by atoms with E-state index in [0.717, 1.165) is 18.8 Å². The van der Waals surface area contributed by atoms with E-state index in [-0.39, 0.29) is 6.04 Å². The highest BCUT2D eigenvalue weighted by atomic mass is 15.6. The fraction of sp³-hybridized carbons (Fsp3) is 0.214. The lowest BCUT2D eigenvalue weighted by Crippen LogP contribution is -2.17. The van der Waals surface area contributed by atoms with Crippen molar-refractivity contribution in [2.45, 2.75) is 12.6 Å². The van der Waals surface area contributed by atoms with Crippen LogP contribution in [0.2, 0.25) is 0 Å². The molecule has 0 fully saturated rings. The Labute approximate surface area is 106 Å². The first-order valence-corrected chi connectivity index (χ1v) is 6.02. The standard InChI is InChI=1S/C14H14N4/c1-2-6-12(7-3-1)10-18-11-14(16-17-18)13-8-4-5-9-15-13/h1-9,14H,10-11H2. The highest BCUT2D eigenvalue weighted by molar-refractivity contribution is 5.15. The molecule has 0 saturated heterocycles. The van der Waals surface area contributed by atoms with Gasteiger partial charge in [0.25, 0.3) is 0 Å². The summed E-state index contributed by atoms with van der Waals surface area (Å²) in [6, 6.07) is 16.3. The number of benzene rings is 1. The number of nitrogens with zero attached hydrogens (tertiary/aromatic N) is 4. The molecule has 3 rings (SSSR count). The first-order chi connectivity index (χ1) is 8.92. The van der Waals surface area contributed by atoms with Gasteiger partial charge in [-0.3, -0.25) is 9.99 Å². The van der Waals surface area contributed by atoms with Crippen LogP contribution in [0.1, 0.15) is 17.3 Å². The fourth-order valence-corrected chi connectivity index (χ4v) is 2.02. The molecular weight excluding hydrogens is 224 g/mol. The summed E-state index contributed by atoms with van der Waals surface area (Å²) in [4.78, 5) is 4.32. The van der Waals surface area contributed by atoms with Crippen LogP contribution in [0.15, 0.2) is 65.1 Å². The average molecular weight is 238 g/mol. The minimum Gasteiger partial charge on any atom is -0.272 e. The maximum atomic E-state index is 4.32. The zero-order valence-electron chi connectivity index (χ0n) is 9.98. The van der Waals surface area contributed by atoms with Crippen LogP contribution in [-0.4, -0.2) is 16.5 Å². The quantitative estimate of drug-likeness (QED) is 0.824. The molecule has 0 saturated carbocycles. The van der Waals surface area contributed by atoms with E-state index in [1.165, 1.54) is 5.56 Å². The summed E-state index contributed by atoms with van der Waals surface area (Å²) in [6.45, 7) is 1.60. The van der Waals surface area contributed by atoms with Crippen LogP contribution in [-0.2, 0) is 6.54 Å². The summed E-state index contributed by atoms with van der Waals surface area (Å²) >= 11 is 0. The molecule has 0 aliphatic carbocycles. The number of hydrogen-bond acceptors (Lipinski definition) is 4. The second-order valence-electron chi connectivity index (χ2n) is 4.31. The van der Waals surface area contributed by atoms with E-state index in [0.29, 0.717) is 0 Å². The van der Waals surface area contributed by atoms with Crippen molar-refractivity contribution in [1.82, 2.24) is 9.99 Å². The van der Waals surface area contributed by atoms with Crippen LogP contribution in [0.25, 0.3) is 0 Å². The molecule has 2 aromatic rings. The fourth-order valence-electron chi connectivity index (χ4n) is 2.02. The van der Waals surface area contributed by atoms with Gasteiger partial charge in [-0.05, 0) is 17.7 Å². The number of pyridine rings is 1. The van der Waals surface area contributed by atoms with Gasteiger partial charge in [0.2, 0.25) is 0 Å². The minimum absolute atomic E-state index is 0.0647. The highest BCUT2D eigenvalue weighted by Gasteiger charge is 2.21. The predicted molar refractivity (Wildman–Crippen MR) is 68.7 cm³/mol. The number of rotatable bonds is 3. The van der Waals surface area contributed by atoms with Crippen LogP contribution in [0.3, 0.4) is 0 Å². The maximum absolute atomic E-state index is 4.32. The molecule has 0 bridgehead atoms. The van der Waals surface area contributed by atoms with E-state index < -0.39 is 0 Å². The Morgan fingerprint density at radius 2 is 1.89 bits per heavy atom. The maximum Gasteiger partial charge on any atom is 0.134 e. The summed E-state index contributed by atoms with van der Waals surface area (Å²) in [5, 5.41) is 10.5. The van der Waals surface area contributed by atoms with Crippen molar-refractivity contribution in [3.63, 3.8) is 0 Å². The average Bonchev–Trinajstić information content (AvgIpc) is 2.89. The van der Waals surface area contributed by atoms with Gasteiger partial charge < -0.3 is 0 Å². The van der Waals surface area contributed by atoms with Gasteiger partial charge >= 0.3 is 0 Å². The summed E-state index contributed by atoms with van der Waals surface area (Å²) in [5.41, 5.74) is 2.23. The molecule has 0 radical (unpaired) electrons. The lowest BCUT2D eigenvalue weighted by molar-refractivity contribution is 0.300. The van der Waals surface area contributed by atoms with Crippen molar-refractivity contribution in [1.29, 1.82) is 0 Å². The van der Waals surface area contributed by atoms with Crippen molar-refractivity contribution in [2.24, 2.45) is 10.3 Å². The molecule has 4 nitrogen and oxygen atoms in total. The van der Waals surface area contributed by atoms with Gasteiger partial charge in [-0.1, -0.05) is 41.6 Å². The highest BCUT2D eigenvalue weighted by Crippen LogP contribution is 2.24. The van der Waals surface area contributed by atoms with Gasteiger partial charge in [-0.2, -0.15) is 5.11 Å².